The van der Waals surface area contributed by atoms with E-state index in [-0.39, 0.29) is 15.5 Å². The fourth-order valence-corrected chi connectivity index (χ4v) is 2.70. The fourth-order valence-electron chi connectivity index (χ4n) is 1.45. The summed E-state index contributed by atoms with van der Waals surface area (Å²) in [6.07, 6.45) is -1.31. The molecule has 0 aliphatic heterocycles. The molecule has 0 saturated carbocycles. The van der Waals surface area contributed by atoms with Gasteiger partial charge in [-0.25, -0.2) is 22.7 Å². The molecule has 126 valence electrons. The Hall–Kier alpha value is -2.17. The second-order valence-electron chi connectivity index (χ2n) is 4.25. The van der Waals surface area contributed by atoms with E-state index in [1.807, 2.05) is 0 Å². The van der Waals surface area contributed by atoms with Crippen molar-refractivity contribution >= 4 is 39.5 Å². The molecule has 0 bridgehead atoms. The molecule has 0 aliphatic rings. The van der Waals surface area contributed by atoms with Crippen LogP contribution in [0.3, 0.4) is 0 Å². The van der Waals surface area contributed by atoms with Crippen LogP contribution in [0.25, 0.3) is 0 Å². The average molecular weight is 364 g/mol. The Morgan fingerprint density at radius 3 is 2.43 bits per heavy atom. The molecule has 1 atom stereocenters. The summed E-state index contributed by atoms with van der Waals surface area (Å²) in [4.78, 5) is 33.6. The first-order chi connectivity index (χ1) is 10.6. The average Bonchev–Trinajstić information content (AvgIpc) is 2.46. The number of amides is 3. The normalized spacial score (nSPS) is 12.3. The van der Waals surface area contributed by atoms with Gasteiger partial charge in [-0.3, -0.25) is 10.1 Å². The van der Waals surface area contributed by atoms with Crippen LogP contribution in [0.5, 0.6) is 0 Å². The Morgan fingerprint density at radius 2 is 1.91 bits per heavy atom. The highest BCUT2D eigenvalue weighted by molar-refractivity contribution is 7.89. The number of benzene rings is 1. The van der Waals surface area contributed by atoms with Gasteiger partial charge in [0, 0.05) is 0 Å². The zero-order valence-corrected chi connectivity index (χ0v) is 13.7. The first-order valence-electron chi connectivity index (χ1n) is 6.13. The molecule has 9 nitrogen and oxygen atoms in total. The van der Waals surface area contributed by atoms with Gasteiger partial charge in [-0.2, -0.15) is 0 Å². The van der Waals surface area contributed by atoms with E-state index < -0.39 is 34.0 Å². The molecule has 23 heavy (non-hydrogen) atoms. The molecule has 1 rings (SSSR count). The zero-order chi connectivity index (χ0) is 17.8. The number of nitrogens with two attached hydrogens (primary N) is 1. The van der Waals surface area contributed by atoms with E-state index in [1.165, 1.54) is 26.1 Å². The lowest BCUT2D eigenvalue weighted by atomic mass is 10.2. The van der Waals surface area contributed by atoms with Crippen molar-refractivity contribution < 1.29 is 27.5 Å². The Labute approximate surface area is 137 Å². The molecule has 0 spiro atoms. The minimum absolute atomic E-state index is 0.0876. The van der Waals surface area contributed by atoms with Crippen LogP contribution in [0, 0.1) is 0 Å². The lowest BCUT2D eigenvalue weighted by Crippen LogP contribution is -2.42. The van der Waals surface area contributed by atoms with Gasteiger partial charge >= 0.3 is 12.0 Å². The van der Waals surface area contributed by atoms with Gasteiger partial charge in [0.05, 0.1) is 10.6 Å². The smallest absolute Gasteiger partial charge is 0.338 e. The standard InChI is InChI=1S/C12H14ClN3O6S/c1-6(10(17)16-12(14)19)22-11(18)7-3-4-8(13)9(5-7)23(20,21)15-2/h3-6,15H,1-2H3,(H3,14,16,17,19)/t6-/m0/s1. The fraction of sp³-hybridized carbons (Fsp3) is 0.250. The zero-order valence-electron chi connectivity index (χ0n) is 12.1. The van der Waals surface area contributed by atoms with Crippen molar-refractivity contribution in [1.29, 1.82) is 0 Å². The van der Waals surface area contributed by atoms with Crippen LogP contribution in [0.4, 0.5) is 4.79 Å². The van der Waals surface area contributed by atoms with E-state index in [9.17, 15) is 22.8 Å². The predicted molar refractivity (Wildman–Crippen MR) is 80.3 cm³/mol. The number of nitrogens with one attached hydrogen (secondary N) is 2. The van der Waals surface area contributed by atoms with Crippen molar-refractivity contribution in [2.75, 3.05) is 7.05 Å². The lowest BCUT2D eigenvalue weighted by molar-refractivity contribution is -0.127. The van der Waals surface area contributed by atoms with Crippen LogP contribution in [0.15, 0.2) is 23.1 Å². The summed E-state index contributed by atoms with van der Waals surface area (Å²) < 4.78 is 30.5. The SMILES string of the molecule is CNS(=O)(=O)c1cc(C(=O)O[C@@H](C)C(=O)NC(N)=O)ccc1Cl. The first-order valence-corrected chi connectivity index (χ1v) is 7.99. The van der Waals surface area contributed by atoms with E-state index in [0.29, 0.717) is 0 Å². The van der Waals surface area contributed by atoms with Crippen molar-refractivity contribution in [2.24, 2.45) is 5.73 Å². The summed E-state index contributed by atoms with van der Waals surface area (Å²) in [6, 6.07) is 2.36. The molecular weight excluding hydrogens is 350 g/mol. The molecule has 0 radical (unpaired) electrons. The van der Waals surface area contributed by atoms with Crippen LogP contribution < -0.4 is 15.8 Å². The Morgan fingerprint density at radius 1 is 1.30 bits per heavy atom. The van der Waals surface area contributed by atoms with E-state index in [0.717, 1.165) is 6.07 Å². The second kappa shape index (κ2) is 7.40. The number of halogens is 1. The topological polar surface area (TPSA) is 145 Å². The van der Waals surface area contributed by atoms with Crippen LogP contribution >= 0.6 is 11.6 Å². The maximum absolute atomic E-state index is 11.9. The summed E-state index contributed by atoms with van der Waals surface area (Å²) in [7, 11) is -2.69. The third kappa shape index (κ3) is 4.91. The van der Waals surface area contributed by atoms with Crippen molar-refractivity contribution in [3.63, 3.8) is 0 Å². The van der Waals surface area contributed by atoms with Gasteiger partial charge in [0.2, 0.25) is 10.0 Å². The van der Waals surface area contributed by atoms with Crippen molar-refractivity contribution in [2.45, 2.75) is 17.9 Å². The third-order valence-corrected chi connectivity index (χ3v) is 4.52. The first kappa shape index (κ1) is 18.9. The second-order valence-corrected chi connectivity index (χ2v) is 6.52. The summed E-state index contributed by atoms with van der Waals surface area (Å²) in [5.41, 5.74) is 4.64. The highest BCUT2D eigenvalue weighted by Gasteiger charge is 2.23. The largest absolute Gasteiger partial charge is 0.449 e. The molecule has 0 fully saturated rings. The lowest BCUT2D eigenvalue weighted by Gasteiger charge is -2.13. The molecule has 1 aromatic rings. The number of sulfonamides is 1. The van der Waals surface area contributed by atoms with Gasteiger partial charge < -0.3 is 10.5 Å². The van der Waals surface area contributed by atoms with E-state index in [4.69, 9.17) is 22.1 Å². The quantitative estimate of drug-likeness (QED) is 0.627. The van der Waals surface area contributed by atoms with Crippen LogP contribution in [0.2, 0.25) is 5.02 Å². The summed E-state index contributed by atoms with van der Waals surface area (Å²) in [5.74, 6) is -1.88. The highest BCUT2D eigenvalue weighted by Crippen LogP contribution is 2.23. The van der Waals surface area contributed by atoms with Crippen LogP contribution in [0.1, 0.15) is 17.3 Å². The van der Waals surface area contributed by atoms with Crippen LogP contribution in [-0.4, -0.2) is 39.5 Å². The maximum Gasteiger partial charge on any atom is 0.338 e. The van der Waals surface area contributed by atoms with Gasteiger partial charge in [-0.15, -0.1) is 0 Å². The van der Waals surface area contributed by atoms with E-state index in [1.54, 1.807) is 5.32 Å². The number of rotatable bonds is 5. The number of carbonyl (C=O) groups excluding carboxylic acids is 3. The number of ether oxygens (including phenoxy) is 1. The molecule has 0 heterocycles. The molecule has 0 unspecified atom stereocenters. The molecule has 1 aromatic carbocycles. The van der Waals surface area contributed by atoms with Crippen molar-refractivity contribution in [3.8, 4) is 0 Å². The number of imide groups is 1. The molecule has 11 heteroatoms. The van der Waals surface area contributed by atoms with Crippen molar-refractivity contribution in [1.82, 2.24) is 10.0 Å². The van der Waals surface area contributed by atoms with E-state index >= 15 is 0 Å². The summed E-state index contributed by atoms with van der Waals surface area (Å²) in [6.45, 7) is 1.22. The van der Waals surface area contributed by atoms with E-state index in [2.05, 4.69) is 4.72 Å². The van der Waals surface area contributed by atoms with Gasteiger partial charge in [0.15, 0.2) is 6.10 Å². The predicted octanol–water partition coefficient (Wildman–Crippen LogP) is -0.0117. The number of hydrogen-bond acceptors (Lipinski definition) is 6. The number of esters is 1. The molecule has 0 aromatic heterocycles. The minimum atomic E-state index is -3.88. The number of primary amides is 1. The summed E-state index contributed by atoms with van der Waals surface area (Å²) in [5, 5.41) is 1.66. The maximum atomic E-state index is 11.9. The molecule has 3 amide bonds. The third-order valence-electron chi connectivity index (χ3n) is 2.62. The van der Waals surface area contributed by atoms with Crippen LogP contribution in [-0.2, 0) is 19.6 Å². The number of hydrogen-bond donors (Lipinski definition) is 3. The molecule has 0 aliphatic carbocycles. The van der Waals surface area contributed by atoms with Gasteiger partial charge in [0.25, 0.3) is 5.91 Å². The Bertz CT molecular complexity index is 749. The molecular formula is C12H14ClN3O6S. The van der Waals surface area contributed by atoms with Gasteiger partial charge in [0.1, 0.15) is 4.90 Å². The summed E-state index contributed by atoms with van der Waals surface area (Å²) >= 11 is 5.79. The number of urea groups is 1. The molecule has 4 N–H and O–H groups in total. The Kier molecular flexibility index (Phi) is 6.07. The highest BCUT2D eigenvalue weighted by atomic mass is 35.5. The molecule has 0 saturated heterocycles. The van der Waals surface area contributed by atoms with Gasteiger partial charge in [-0.1, -0.05) is 11.6 Å². The van der Waals surface area contributed by atoms with Crippen molar-refractivity contribution in [3.05, 3.63) is 28.8 Å². The van der Waals surface area contributed by atoms with Gasteiger partial charge in [-0.05, 0) is 32.2 Å². The monoisotopic (exact) mass is 363 g/mol. The number of carbonyl (C=O) groups is 3. The Balaban J connectivity index is 3.00. The minimum Gasteiger partial charge on any atom is -0.449 e.